The number of nitrogens with zero attached hydrogens (tertiary/aromatic N) is 2. The van der Waals surface area contributed by atoms with Crippen LogP contribution >= 0.6 is 11.3 Å². The first-order chi connectivity index (χ1) is 15.8. The van der Waals surface area contributed by atoms with Gasteiger partial charge in [-0.15, -0.1) is 11.3 Å². The molecule has 33 heavy (non-hydrogen) atoms. The molecule has 4 nitrogen and oxygen atoms in total. The number of fused-ring (bicyclic) bond motifs is 1. The highest BCUT2D eigenvalue weighted by Crippen LogP contribution is 2.39. The maximum atomic E-state index is 13.7. The van der Waals surface area contributed by atoms with Crippen molar-refractivity contribution >= 4 is 23.2 Å². The molecule has 1 aliphatic heterocycles. The molecule has 1 aromatic heterocycles. The number of amides is 2. The summed E-state index contributed by atoms with van der Waals surface area (Å²) in [5.74, 6) is 0.228. The Bertz CT molecular complexity index is 969. The molecule has 2 aliphatic rings. The van der Waals surface area contributed by atoms with Gasteiger partial charge in [0.25, 0.3) is 0 Å². The summed E-state index contributed by atoms with van der Waals surface area (Å²) in [6.07, 6.45) is 6.59. The van der Waals surface area contributed by atoms with Crippen LogP contribution in [0.4, 0.5) is 0 Å². The van der Waals surface area contributed by atoms with Crippen LogP contribution in [-0.2, 0) is 21.4 Å². The van der Waals surface area contributed by atoms with Crippen LogP contribution in [-0.4, -0.2) is 40.7 Å². The van der Waals surface area contributed by atoms with E-state index in [0.29, 0.717) is 13.0 Å². The zero-order valence-electron chi connectivity index (χ0n) is 20.6. The van der Waals surface area contributed by atoms with Crippen LogP contribution in [0.15, 0.2) is 35.7 Å². The molecular weight excluding hydrogens is 428 g/mol. The first-order valence-electron chi connectivity index (χ1n) is 12.5. The van der Waals surface area contributed by atoms with Crippen LogP contribution in [0, 0.1) is 0 Å². The van der Waals surface area contributed by atoms with Gasteiger partial charge in [-0.25, -0.2) is 0 Å². The van der Waals surface area contributed by atoms with Crippen LogP contribution < -0.4 is 0 Å². The number of hydrogen-bond donors (Lipinski definition) is 0. The fourth-order valence-electron chi connectivity index (χ4n) is 4.82. The van der Waals surface area contributed by atoms with Crippen LogP contribution in [0.25, 0.3) is 0 Å². The van der Waals surface area contributed by atoms with Crippen molar-refractivity contribution in [2.75, 3.05) is 13.1 Å². The Balaban J connectivity index is 1.56. The van der Waals surface area contributed by atoms with E-state index in [1.807, 2.05) is 9.80 Å². The molecule has 5 heteroatoms. The lowest BCUT2D eigenvalue weighted by molar-refractivity contribution is -0.142. The Kier molecular flexibility index (Phi) is 7.28. The van der Waals surface area contributed by atoms with Crippen LogP contribution in [0.5, 0.6) is 0 Å². The topological polar surface area (TPSA) is 40.6 Å². The molecule has 0 spiro atoms. The third-order valence-corrected chi connectivity index (χ3v) is 7.98. The molecule has 0 saturated heterocycles. The van der Waals surface area contributed by atoms with Crippen LogP contribution in [0.3, 0.4) is 0 Å². The third kappa shape index (κ3) is 5.51. The Morgan fingerprint density at radius 1 is 1.09 bits per heavy atom. The molecule has 0 bridgehead atoms. The van der Waals surface area contributed by atoms with Crippen LogP contribution in [0.2, 0.25) is 0 Å². The summed E-state index contributed by atoms with van der Waals surface area (Å²) in [5, 5.41) is 2.14. The van der Waals surface area contributed by atoms with Crippen LogP contribution in [0.1, 0.15) is 93.8 Å². The lowest BCUT2D eigenvalue weighted by atomic mass is 9.85. The molecule has 178 valence electrons. The third-order valence-electron chi connectivity index (χ3n) is 6.99. The molecule has 1 aliphatic carbocycles. The van der Waals surface area contributed by atoms with E-state index in [1.54, 1.807) is 11.3 Å². The van der Waals surface area contributed by atoms with Gasteiger partial charge in [-0.1, -0.05) is 64.8 Å². The van der Waals surface area contributed by atoms with E-state index in [-0.39, 0.29) is 35.9 Å². The van der Waals surface area contributed by atoms with E-state index in [1.165, 1.54) is 16.0 Å². The Labute approximate surface area is 203 Å². The van der Waals surface area contributed by atoms with E-state index >= 15 is 0 Å². The molecule has 1 aromatic carbocycles. The minimum atomic E-state index is -0.0715. The molecule has 1 fully saturated rings. The van der Waals surface area contributed by atoms with Gasteiger partial charge in [0.15, 0.2) is 0 Å². The van der Waals surface area contributed by atoms with E-state index in [9.17, 15) is 9.59 Å². The summed E-state index contributed by atoms with van der Waals surface area (Å²) in [7, 11) is 0. The summed E-state index contributed by atoms with van der Waals surface area (Å²) < 4.78 is 0. The largest absolute Gasteiger partial charge is 0.330 e. The highest BCUT2D eigenvalue weighted by Gasteiger charge is 2.38. The molecule has 4 rings (SSSR count). The number of hydrogen-bond acceptors (Lipinski definition) is 3. The standard InChI is InChI=1S/C28H38N2O2S/c1-5-6-7-8-25(31)30(22-13-14-22)19-26(32)29-17-15-24-23(16-18-33-24)27(29)20-9-11-21(12-10-20)28(2,3)4/h9-12,16,18,22,27H,5-8,13-15,17,19H2,1-4H3. The molecule has 0 N–H and O–H groups in total. The molecule has 2 amide bonds. The second-order valence-corrected chi connectivity index (χ2v) is 11.6. The van der Waals surface area contributed by atoms with Gasteiger partial charge >= 0.3 is 0 Å². The zero-order chi connectivity index (χ0) is 23.6. The van der Waals surface area contributed by atoms with E-state index in [4.69, 9.17) is 0 Å². The Morgan fingerprint density at radius 2 is 1.82 bits per heavy atom. The van der Waals surface area contributed by atoms with Gasteiger partial charge in [-0.05, 0) is 59.2 Å². The van der Waals surface area contributed by atoms with E-state index < -0.39 is 0 Å². The number of carbonyl (C=O) groups excluding carboxylic acids is 2. The normalized spacial score (nSPS) is 18.2. The smallest absolute Gasteiger partial charge is 0.243 e. The predicted octanol–water partition coefficient (Wildman–Crippen LogP) is 6.09. The SMILES string of the molecule is CCCCCC(=O)N(CC(=O)N1CCc2sccc2C1c1ccc(C(C)(C)C)cc1)C1CC1. The fourth-order valence-corrected chi connectivity index (χ4v) is 5.73. The van der Waals surface area contributed by atoms with Gasteiger partial charge in [-0.2, -0.15) is 0 Å². The van der Waals surface area contributed by atoms with Crippen molar-refractivity contribution in [1.82, 2.24) is 9.80 Å². The minimum Gasteiger partial charge on any atom is -0.330 e. The maximum absolute atomic E-state index is 13.7. The van der Waals surface area contributed by atoms with Crippen molar-refractivity contribution in [3.8, 4) is 0 Å². The molecule has 2 aromatic rings. The van der Waals surface area contributed by atoms with Gasteiger partial charge in [0, 0.05) is 23.9 Å². The Morgan fingerprint density at radius 3 is 2.45 bits per heavy atom. The highest BCUT2D eigenvalue weighted by molar-refractivity contribution is 7.10. The van der Waals surface area contributed by atoms with Crippen molar-refractivity contribution in [1.29, 1.82) is 0 Å². The summed E-state index contributed by atoms with van der Waals surface area (Å²) >= 11 is 1.79. The average Bonchev–Trinajstić information content (AvgIpc) is 3.52. The van der Waals surface area contributed by atoms with E-state index in [0.717, 1.165) is 44.1 Å². The molecule has 1 atom stereocenters. The minimum absolute atomic E-state index is 0.0715. The van der Waals surface area contributed by atoms with Gasteiger partial charge < -0.3 is 9.80 Å². The molecule has 1 saturated carbocycles. The van der Waals surface area contributed by atoms with Crippen molar-refractivity contribution < 1.29 is 9.59 Å². The quantitative estimate of drug-likeness (QED) is 0.442. The van der Waals surface area contributed by atoms with Gasteiger partial charge in [0.05, 0.1) is 6.04 Å². The average molecular weight is 467 g/mol. The zero-order valence-corrected chi connectivity index (χ0v) is 21.4. The maximum Gasteiger partial charge on any atom is 0.243 e. The first kappa shape index (κ1) is 24.0. The summed E-state index contributed by atoms with van der Waals surface area (Å²) in [5.41, 5.74) is 3.79. The van der Waals surface area contributed by atoms with E-state index in [2.05, 4.69) is 63.4 Å². The number of rotatable bonds is 8. The monoisotopic (exact) mass is 466 g/mol. The fraction of sp³-hybridized carbons (Fsp3) is 0.571. The second kappa shape index (κ2) is 10.0. The molecule has 2 heterocycles. The summed E-state index contributed by atoms with van der Waals surface area (Å²) in [4.78, 5) is 31.8. The van der Waals surface area contributed by atoms with Gasteiger partial charge in [-0.3, -0.25) is 9.59 Å². The number of thiophene rings is 1. The predicted molar refractivity (Wildman–Crippen MR) is 136 cm³/mol. The summed E-state index contributed by atoms with van der Waals surface area (Å²) in [6.45, 7) is 9.74. The summed E-state index contributed by atoms with van der Waals surface area (Å²) in [6, 6.07) is 11.1. The molecular formula is C28H38N2O2S. The van der Waals surface area contributed by atoms with Gasteiger partial charge in [0.2, 0.25) is 11.8 Å². The number of carbonyl (C=O) groups is 2. The number of benzene rings is 1. The first-order valence-corrected chi connectivity index (χ1v) is 13.4. The van der Waals surface area contributed by atoms with Gasteiger partial charge in [0.1, 0.15) is 6.54 Å². The van der Waals surface area contributed by atoms with Crippen molar-refractivity contribution in [3.63, 3.8) is 0 Å². The van der Waals surface area contributed by atoms with Crippen molar-refractivity contribution in [3.05, 3.63) is 57.3 Å². The lowest BCUT2D eigenvalue weighted by Gasteiger charge is -2.38. The van der Waals surface area contributed by atoms with Crippen molar-refractivity contribution in [2.24, 2.45) is 0 Å². The highest BCUT2D eigenvalue weighted by atomic mass is 32.1. The molecule has 0 radical (unpaired) electrons. The van der Waals surface area contributed by atoms with Crippen molar-refractivity contribution in [2.45, 2.75) is 90.1 Å². The lowest BCUT2D eigenvalue weighted by Crippen LogP contribution is -2.47. The number of unbranched alkanes of at least 4 members (excludes halogenated alkanes) is 2. The molecule has 1 unspecified atom stereocenters. The second-order valence-electron chi connectivity index (χ2n) is 10.6. The Hall–Kier alpha value is -2.14.